The molecule has 0 aliphatic carbocycles. The van der Waals surface area contributed by atoms with E-state index in [0.29, 0.717) is 34.3 Å². The quantitative estimate of drug-likeness (QED) is 0.240. The molecule has 0 unspecified atom stereocenters. The predicted octanol–water partition coefficient (Wildman–Crippen LogP) is 3.71. The minimum atomic E-state index is -0.352. The van der Waals surface area contributed by atoms with Crippen molar-refractivity contribution in [2.45, 2.75) is 6.92 Å². The van der Waals surface area contributed by atoms with Crippen LogP contribution in [0.4, 0.5) is 0 Å². The van der Waals surface area contributed by atoms with Crippen LogP contribution in [-0.4, -0.2) is 34.3 Å². The zero-order valence-electron chi connectivity index (χ0n) is 19.8. The standard InChI is InChI=1S/C27H26N2O5/c1-17-13-20-15-24(33-4)25(34-5)16-21(20)26(19-11-12-22(31-2)23(14-19)32-3)29(17)28-27(30)18-9-7-6-8-10-18/h6-16H,1-5H3. The van der Waals surface area contributed by atoms with Crippen molar-refractivity contribution in [3.8, 4) is 34.3 Å². The van der Waals surface area contributed by atoms with Crippen LogP contribution < -0.4 is 28.7 Å². The van der Waals surface area contributed by atoms with E-state index in [9.17, 15) is 5.11 Å². The van der Waals surface area contributed by atoms with Gasteiger partial charge in [0.05, 0.1) is 45.3 Å². The van der Waals surface area contributed by atoms with Crippen molar-refractivity contribution in [3.63, 3.8) is 0 Å². The molecule has 0 amide bonds. The summed E-state index contributed by atoms with van der Waals surface area (Å²) in [7, 11) is 6.36. The maximum atomic E-state index is 13.1. The molecule has 7 nitrogen and oxygen atoms in total. The van der Waals surface area contributed by atoms with Crippen molar-refractivity contribution < 1.29 is 28.7 Å². The second kappa shape index (κ2) is 9.70. The van der Waals surface area contributed by atoms with Gasteiger partial charge >= 0.3 is 0 Å². The highest BCUT2D eigenvalue weighted by Gasteiger charge is 2.25. The number of aromatic nitrogens is 1. The van der Waals surface area contributed by atoms with Gasteiger partial charge in [0.15, 0.2) is 23.0 Å². The fraction of sp³-hybridized carbons (Fsp3) is 0.185. The molecule has 1 aromatic heterocycles. The lowest BCUT2D eigenvalue weighted by Crippen LogP contribution is -2.39. The largest absolute Gasteiger partial charge is 0.854 e. The van der Waals surface area contributed by atoms with E-state index in [0.717, 1.165) is 22.0 Å². The van der Waals surface area contributed by atoms with Crippen LogP contribution in [0.2, 0.25) is 0 Å². The Labute approximate surface area is 198 Å². The van der Waals surface area contributed by atoms with E-state index in [4.69, 9.17) is 18.9 Å². The lowest BCUT2D eigenvalue weighted by atomic mass is 10.0. The fourth-order valence-electron chi connectivity index (χ4n) is 3.92. The molecular weight excluding hydrogens is 432 g/mol. The van der Waals surface area contributed by atoms with Gasteiger partial charge in [-0.1, -0.05) is 30.3 Å². The summed E-state index contributed by atoms with van der Waals surface area (Å²) >= 11 is 0. The number of pyridine rings is 1. The normalized spacial score (nSPS) is 11.4. The number of aryl methyl sites for hydroxylation is 1. The van der Waals surface area contributed by atoms with E-state index in [2.05, 4.69) is 5.10 Å². The molecule has 0 atom stereocenters. The van der Waals surface area contributed by atoms with Crippen LogP contribution in [-0.2, 0) is 0 Å². The van der Waals surface area contributed by atoms with Gasteiger partial charge < -0.3 is 24.1 Å². The molecule has 0 saturated heterocycles. The van der Waals surface area contributed by atoms with Gasteiger partial charge in [-0.3, -0.25) is 0 Å². The minimum absolute atomic E-state index is 0.352. The average Bonchev–Trinajstić information content (AvgIpc) is 2.88. The fourth-order valence-corrected chi connectivity index (χ4v) is 3.92. The summed E-state index contributed by atoms with van der Waals surface area (Å²) in [6.45, 7) is 1.90. The zero-order chi connectivity index (χ0) is 24.2. The predicted molar refractivity (Wildman–Crippen MR) is 129 cm³/mol. The molecule has 174 valence electrons. The van der Waals surface area contributed by atoms with E-state index in [1.807, 2.05) is 61.5 Å². The van der Waals surface area contributed by atoms with Crippen molar-refractivity contribution in [3.05, 3.63) is 78.0 Å². The lowest BCUT2D eigenvalue weighted by molar-refractivity contribution is -0.675. The third-order valence-electron chi connectivity index (χ3n) is 5.59. The van der Waals surface area contributed by atoms with Crippen LogP contribution in [0.5, 0.6) is 23.0 Å². The molecule has 0 saturated carbocycles. The molecule has 4 aromatic rings. The number of methoxy groups -OCH3 is 4. The lowest BCUT2D eigenvalue weighted by Gasteiger charge is -2.14. The molecule has 34 heavy (non-hydrogen) atoms. The van der Waals surface area contributed by atoms with Gasteiger partial charge in [-0.05, 0) is 51.1 Å². The first-order valence-electron chi connectivity index (χ1n) is 10.7. The van der Waals surface area contributed by atoms with E-state index in [1.165, 1.54) is 0 Å². The number of ether oxygens (including phenoxy) is 4. The van der Waals surface area contributed by atoms with Crippen LogP contribution >= 0.6 is 0 Å². The van der Waals surface area contributed by atoms with Gasteiger partial charge in [0.2, 0.25) is 5.69 Å². The van der Waals surface area contributed by atoms with Crippen LogP contribution in [0.25, 0.3) is 22.0 Å². The van der Waals surface area contributed by atoms with Gasteiger partial charge in [0, 0.05) is 13.0 Å². The molecule has 0 bridgehead atoms. The molecule has 0 spiro atoms. The Morgan fingerprint density at radius 1 is 0.735 bits per heavy atom. The van der Waals surface area contributed by atoms with E-state index in [1.54, 1.807) is 45.2 Å². The van der Waals surface area contributed by atoms with Crippen molar-refractivity contribution in [1.82, 2.24) is 0 Å². The number of hydrogen-bond acceptors (Lipinski definition) is 6. The van der Waals surface area contributed by atoms with Gasteiger partial charge in [-0.2, -0.15) is 0 Å². The maximum Gasteiger partial charge on any atom is 0.253 e. The van der Waals surface area contributed by atoms with Crippen LogP contribution in [0.3, 0.4) is 0 Å². The van der Waals surface area contributed by atoms with E-state index < -0.39 is 0 Å². The van der Waals surface area contributed by atoms with Gasteiger partial charge in [-0.15, -0.1) is 0 Å². The molecule has 0 aliphatic heterocycles. The smallest absolute Gasteiger partial charge is 0.253 e. The van der Waals surface area contributed by atoms with Crippen LogP contribution in [0.15, 0.2) is 71.8 Å². The van der Waals surface area contributed by atoms with Crippen molar-refractivity contribution >= 4 is 16.7 Å². The number of benzene rings is 3. The van der Waals surface area contributed by atoms with Crippen LogP contribution in [0, 0.1) is 6.92 Å². The number of rotatable bonds is 7. The summed E-state index contributed by atoms with van der Waals surface area (Å²) in [5.41, 5.74) is 2.78. The Hall–Kier alpha value is -4.26. The number of fused-ring (bicyclic) bond motifs is 1. The zero-order valence-corrected chi connectivity index (χ0v) is 19.8. The summed E-state index contributed by atoms with van der Waals surface area (Å²) in [6.07, 6.45) is 0. The maximum absolute atomic E-state index is 13.1. The summed E-state index contributed by atoms with van der Waals surface area (Å²) < 4.78 is 23.7. The second-order valence-electron chi connectivity index (χ2n) is 7.58. The highest BCUT2D eigenvalue weighted by molar-refractivity contribution is 5.96. The number of nitrogens with zero attached hydrogens (tertiary/aromatic N) is 2. The highest BCUT2D eigenvalue weighted by Crippen LogP contribution is 2.38. The Bertz CT molecular complexity index is 1370. The minimum Gasteiger partial charge on any atom is -0.854 e. The molecule has 1 heterocycles. The molecular formula is C27H26N2O5. The third-order valence-corrected chi connectivity index (χ3v) is 5.59. The average molecular weight is 459 g/mol. The molecule has 0 fully saturated rings. The van der Waals surface area contributed by atoms with E-state index in [-0.39, 0.29) is 5.90 Å². The van der Waals surface area contributed by atoms with Crippen molar-refractivity contribution in [2.24, 2.45) is 5.10 Å². The summed E-state index contributed by atoms with van der Waals surface area (Å²) in [5, 5.41) is 19.3. The molecule has 0 N–H and O–H groups in total. The summed E-state index contributed by atoms with van der Waals surface area (Å²) in [4.78, 5) is 0. The summed E-state index contributed by atoms with van der Waals surface area (Å²) in [5.74, 6) is 2.00. The Kier molecular flexibility index (Phi) is 6.54. The first kappa shape index (κ1) is 22.9. The Balaban J connectivity index is 2.08. The SMILES string of the molecule is COc1ccc(-c2c3cc(OC)c(OC)cc3cc(C)[n+]2/N=C(\[O-])c2ccccc2)cc1OC. The molecule has 7 heteroatoms. The first-order valence-corrected chi connectivity index (χ1v) is 10.7. The highest BCUT2D eigenvalue weighted by atomic mass is 16.5. The van der Waals surface area contributed by atoms with Gasteiger partial charge in [0.25, 0.3) is 5.69 Å². The summed E-state index contributed by atoms with van der Waals surface area (Å²) in [6, 6.07) is 20.3. The second-order valence-corrected chi connectivity index (χ2v) is 7.58. The molecule has 3 aromatic carbocycles. The monoisotopic (exact) mass is 458 g/mol. The van der Waals surface area contributed by atoms with Gasteiger partial charge in [-0.25, -0.2) is 0 Å². The van der Waals surface area contributed by atoms with Crippen molar-refractivity contribution in [1.29, 1.82) is 0 Å². The van der Waals surface area contributed by atoms with Gasteiger partial charge in [0.1, 0.15) is 0 Å². The Morgan fingerprint density at radius 2 is 1.35 bits per heavy atom. The molecule has 0 radical (unpaired) electrons. The van der Waals surface area contributed by atoms with Crippen LogP contribution in [0.1, 0.15) is 11.3 Å². The first-order chi connectivity index (χ1) is 16.5. The topological polar surface area (TPSA) is 76.2 Å². The van der Waals surface area contributed by atoms with E-state index >= 15 is 0 Å². The number of hydrogen-bond donors (Lipinski definition) is 0. The molecule has 0 aliphatic rings. The third kappa shape index (κ3) is 4.20. The van der Waals surface area contributed by atoms with Crippen molar-refractivity contribution in [2.75, 3.05) is 28.4 Å². The Morgan fingerprint density at radius 3 is 2.00 bits per heavy atom. The molecule has 4 rings (SSSR count).